The number of anilines is 2. The van der Waals surface area contributed by atoms with Gasteiger partial charge in [0.25, 0.3) is 0 Å². The number of hydrogen-bond donors (Lipinski definition) is 2. The van der Waals surface area contributed by atoms with E-state index in [1.807, 2.05) is 0 Å². The molecule has 1 aromatic carbocycles. The molecule has 3 aromatic rings. The fourth-order valence-corrected chi connectivity index (χ4v) is 5.12. The van der Waals surface area contributed by atoms with Gasteiger partial charge in [0.2, 0.25) is 5.95 Å². The van der Waals surface area contributed by atoms with Crippen molar-refractivity contribution in [2.24, 2.45) is 0 Å². The Balaban J connectivity index is 0.00000135. The van der Waals surface area contributed by atoms with Crippen molar-refractivity contribution in [3.63, 3.8) is 0 Å². The van der Waals surface area contributed by atoms with Crippen LogP contribution in [0, 0.1) is 0 Å². The van der Waals surface area contributed by atoms with E-state index in [1.165, 1.54) is 11.1 Å². The molecular formula is C15H15BrClN5S. The molecule has 120 valence electrons. The molecule has 8 heteroatoms. The number of aromatic nitrogens is 2. The molecule has 0 spiro atoms. The zero-order valence-corrected chi connectivity index (χ0v) is 15.3. The summed E-state index contributed by atoms with van der Waals surface area (Å²) in [6.07, 6.45) is 1.20. The third-order valence-electron chi connectivity index (χ3n) is 4.60. The van der Waals surface area contributed by atoms with Gasteiger partial charge in [0.1, 0.15) is 0 Å². The van der Waals surface area contributed by atoms with Gasteiger partial charge in [0.15, 0.2) is 5.82 Å². The predicted octanol–water partition coefficient (Wildman–Crippen LogP) is 3.16. The quantitative estimate of drug-likeness (QED) is 0.642. The summed E-state index contributed by atoms with van der Waals surface area (Å²) in [4.78, 5) is 11.5. The largest absolute Gasteiger partial charge is 0.368 e. The van der Waals surface area contributed by atoms with E-state index in [1.54, 1.807) is 11.3 Å². The maximum Gasteiger partial charge on any atom is 0.222 e. The number of nitrogens with zero attached hydrogens (tertiary/aromatic N) is 3. The molecule has 2 atom stereocenters. The number of thiophene rings is 1. The standard InChI is InChI=1S/C15H14BrN5S.ClH/c16-7-1-2-11-10(3-7)12-13(22-11)14(20-15(17)19-12)21-6-8-4-9(21)5-18-8;/h1-3,8-9,18H,4-6H2,(H2,17,19,20);1H. The van der Waals surface area contributed by atoms with Crippen molar-refractivity contribution in [2.75, 3.05) is 23.7 Å². The van der Waals surface area contributed by atoms with Gasteiger partial charge in [-0.05, 0) is 24.6 Å². The first-order chi connectivity index (χ1) is 10.7. The maximum atomic E-state index is 6.01. The van der Waals surface area contributed by atoms with Crippen LogP contribution in [0.4, 0.5) is 11.8 Å². The Bertz CT molecular complexity index is 914. The van der Waals surface area contributed by atoms with Crippen molar-refractivity contribution in [1.82, 2.24) is 15.3 Å². The first-order valence-electron chi connectivity index (χ1n) is 7.34. The number of nitrogens with one attached hydrogen (secondary N) is 1. The van der Waals surface area contributed by atoms with Gasteiger partial charge in [-0.3, -0.25) is 0 Å². The first kappa shape index (κ1) is 15.4. The second kappa shape index (κ2) is 5.44. The molecule has 23 heavy (non-hydrogen) atoms. The van der Waals surface area contributed by atoms with Crippen LogP contribution in [-0.2, 0) is 0 Å². The Kier molecular flexibility index (Phi) is 3.64. The molecular weight excluding hydrogens is 398 g/mol. The molecule has 2 unspecified atom stereocenters. The Labute approximate surface area is 151 Å². The minimum Gasteiger partial charge on any atom is -0.368 e. The number of piperazine rings is 1. The van der Waals surface area contributed by atoms with E-state index in [0.717, 1.165) is 39.0 Å². The minimum atomic E-state index is 0. The van der Waals surface area contributed by atoms with E-state index in [9.17, 15) is 0 Å². The zero-order valence-electron chi connectivity index (χ0n) is 12.1. The third kappa shape index (κ3) is 2.29. The fourth-order valence-electron chi connectivity index (χ4n) is 3.63. The first-order valence-corrected chi connectivity index (χ1v) is 8.95. The lowest BCUT2D eigenvalue weighted by atomic mass is 10.2. The summed E-state index contributed by atoms with van der Waals surface area (Å²) < 4.78 is 3.43. The molecule has 2 aromatic heterocycles. The zero-order chi connectivity index (χ0) is 14.8. The Morgan fingerprint density at radius 2 is 2.22 bits per heavy atom. The molecule has 2 fully saturated rings. The van der Waals surface area contributed by atoms with Crippen molar-refractivity contribution >= 4 is 71.7 Å². The number of hydrogen-bond acceptors (Lipinski definition) is 6. The highest BCUT2D eigenvalue weighted by atomic mass is 79.9. The average Bonchev–Trinajstić information content (AvgIpc) is 3.20. The van der Waals surface area contributed by atoms with Crippen molar-refractivity contribution in [3.05, 3.63) is 22.7 Å². The van der Waals surface area contributed by atoms with Gasteiger partial charge in [-0.15, -0.1) is 23.7 Å². The lowest BCUT2D eigenvalue weighted by molar-refractivity contribution is 0.578. The highest BCUT2D eigenvalue weighted by molar-refractivity contribution is 9.10. The SMILES string of the molecule is Cl.Nc1nc(N2CC3CC2CN3)c2sc3ccc(Br)cc3c2n1. The summed E-state index contributed by atoms with van der Waals surface area (Å²) in [5.74, 6) is 1.37. The molecule has 4 heterocycles. The third-order valence-corrected chi connectivity index (χ3v) is 6.25. The van der Waals surface area contributed by atoms with Crippen molar-refractivity contribution in [3.8, 4) is 0 Å². The lowest BCUT2D eigenvalue weighted by Gasteiger charge is -2.28. The van der Waals surface area contributed by atoms with Gasteiger partial charge in [0.05, 0.1) is 10.2 Å². The molecule has 2 saturated heterocycles. The van der Waals surface area contributed by atoms with Crippen LogP contribution in [0.5, 0.6) is 0 Å². The highest BCUT2D eigenvalue weighted by Gasteiger charge is 2.39. The number of nitrogens with two attached hydrogens (primary N) is 1. The second-order valence-electron chi connectivity index (χ2n) is 5.97. The smallest absolute Gasteiger partial charge is 0.222 e. The van der Waals surface area contributed by atoms with Crippen LogP contribution < -0.4 is 16.0 Å². The summed E-state index contributed by atoms with van der Waals surface area (Å²) in [5, 5.41) is 4.68. The van der Waals surface area contributed by atoms with E-state index in [-0.39, 0.29) is 12.4 Å². The van der Waals surface area contributed by atoms with Crippen LogP contribution in [0.1, 0.15) is 6.42 Å². The van der Waals surface area contributed by atoms with E-state index in [0.29, 0.717) is 18.0 Å². The lowest BCUT2D eigenvalue weighted by Crippen LogP contribution is -2.44. The second-order valence-corrected chi connectivity index (χ2v) is 7.94. The fraction of sp³-hybridized carbons (Fsp3) is 0.333. The van der Waals surface area contributed by atoms with E-state index in [2.05, 4.69) is 54.3 Å². The Hall–Kier alpha value is -1.15. The molecule has 2 aliphatic heterocycles. The van der Waals surface area contributed by atoms with Crippen molar-refractivity contribution in [1.29, 1.82) is 0 Å². The van der Waals surface area contributed by atoms with Gasteiger partial charge in [-0.1, -0.05) is 15.9 Å². The number of benzene rings is 1. The van der Waals surface area contributed by atoms with Gasteiger partial charge in [0, 0.05) is 39.7 Å². The van der Waals surface area contributed by atoms with Gasteiger partial charge < -0.3 is 16.0 Å². The summed E-state index contributed by atoms with van der Waals surface area (Å²) in [7, 11) is 0. The number of nitrogen functional groups attached to an aromatic ring is 1. The number of fused-ring (bicyclic) bond motifs is 5. The van der Waals surface area contributed by atoms with Crippen LogP contribution in [0.15, 0.2) is 22.7 Å². The summed E-state index contributed by atoms with van der Waals surface area (Å²) in [6.45, 7) is 2.04. The molecule has 0 amide bonds. The van der Waals surface area contributed by atoms with Gasteiger partial charge >= 0.3 is 0 Å². The van der Waals surface area contributed by atoms with E-state index < -0.39 is 0 Å². The van der Waals surface area contributed by atoms with Crippen LogP contribution in [0.3, 0.4) is 0 Å². The predicted molar refractivity (Wildman–Crippen MR) is 102 cm³/mol. The van der Waals surface area contributed by atoms with Crippen molar-refractivity contribution in [2.45, 2.75) is 18.5 Å². The molecule has 0 radical (unpaired) electrons. The summed E-state index contributed by atoms with van der Waals surface area (Å²) >= 11 is 5.30. The summed E-state index contributed by atoms with van der Waals surface area (Å²) in [6, 6.07) is 7.42. The average molecular weight is 413 g/mol. The van der Waals surface area contributed by atoms with Crippen molar-refractivity contribution < 1.29 is 0 Å². The number of halogens is 2. The van der Waals surface area contributed by atoms with Crippen LogP contribution in [-0.4, -0.2) is 35.1 Å². The molecule has 2 aliphatic rings. The topological polar surface area (TPSA) is 67.1 Å². The van der Waals surface area contributed by atoms with Crippen LogP contribution in [0.25, 0.3) is 20.3 Å². The van der Waals surface area contributed by atoms with Gasteiger partial charge in [-0.2, -0.15) is 4.98 Å². The van der Waals surface area contributed by atoms with E-state index >= 15 is 0 Å². The molecule has 0 aliphatic carbocycles. The molecule has 0 saturated carbocycles. The molecule has 5 nitrogen and oxygen atoms in total. The van der Waals surface area contributed by atoms with Crippen LogP contribution in [0.2, 0.25) is 0 Å². The van der Waals surface area contributed by atoms with Crippen LogP contribution >= 0.6 is 39.7 Å². The summed E-state index contributed by atoms with van der Waals surface area (Å²) in [5.41, 5.74) is 6.98. The molecule has 2 bridgehead atoms. The molecule has 5 rings (SSSR count). The Morgan fingerprint density at radius 1 is 1.35 bits per heavy atom. The minimum absolute atomic E-state index is 0. The highest BCUT2D eigenvalue weighted by Crippen LogP contribution is 2.41. The normalized spacial score (nSPS) is 22.9. The number of rotatable bonds is 1. The monoisotopic (exact) mass is 411 g/mol. The maximum absolute atomic E-state index is 6.01. The Morgan fingerprint density at radius 3 is 2.96 bits per heavy atom. The van der Waals surface area contributed by atoms with Gasteiger partial charge in [-0.25, -0.2) is 4.98 Å². The molecule has 3 N–H and O–H groups in total. The van der Waals surface area contributed by atoms with E-state index in [4.69, 9.17) is 5.73 Å².